The Kier molecular flexibility index (Phi) is 4.39. The van der Waals surface area contributed by atoms with Gasteiger partial charge in [0, 0.05) is 16.8 Å². The Morgan fingerprint density at radius 1 is 1.22 bits per heavy atom. The zero-order chi connectivity index (χ0) is 19.0. The molecule has 140 valence electrons. The third kappa shape index (κ3) is 3.42. The van der Waals surface area contributed by atoms with E-state index in [1.165, 1.54) is 0 Å². The molecule has 0 N–H and O–H groups in total. The molecule has 0 spiro atoms. The zero-order valence-corrected chi connectivity index (χ0v) is 16.0. The summed E-state index contributed by atoms with van der Waals surface area (Å²) in [5, 5.41) is 17.1. The first-order valence-corrected chi connectivity index (χ1v) is 10.5. The molecule has 0 bridgehead atoms. The summed E-state index contributed by atoms with van der Waals surface area (Å²) in [6.45, 7) is 3.84. The number of aryl methyl sites for hydroxylation is 1. The Morgan fingerprint density at radius 2 is 2.00 bits per heavy atom. The number of hydrogen-bond acceptors (Lipinski definition) is 6. The quantitative estimate of drug-likeness (QED) is 0.641. The lowest BCUT2D eigenvalue weighted by atomic mass is 10.2. The van der Waals surface area contributed by atoms with E-state index >= 15 is 0 Å². The van der Waals surface area contributed by atoms with Crippen molar-refractivity contribution in [2.45, 2.75) is 26.3 Å². The molecule has 9 heteroatoms. The highest BCUT2D eigenvalue weighted by Gasteiger charge is 2.31. The monoisotopic (exact) mass is 384 g/mol. The normalized spacial score (nSPS) is 19.1. The lowest BCUT2D eigenvalue weighted by Crippen LogP contribution is -2.14. The summed E-state index contributed by atoms with van der Waals surface area (Å²) in [7, 11) is -2.96. The van der Waals surface area contributed by atoms with Gasteiger partial charge in [-0.1, -0.05) is 30.3 Å². The van der Waals surface area contributed by atoms with E-state index in [2.05, 4.69) is 20.4 Å². The molecule has 27 heavy (non-hydrogen) atoms. The van der Waals surface area contributed by atoms with E-state index in [9.17, 15) is 8.42 Å². The molecule has 0 unspecified atom stereocenters. The Labute approximate surface area is 157 Å². The van der Waals surface area contributed by atoms with Crippen LogP contribution in [0.2, 0.25) is 0 Å². The minimum atomic E-state index is -2.96. The van der Waals surface area contributed by atoms with Crippen molar-refractivity contribution in [2.24, 2.45) is 5.10 Å². The molecule has 4 rings (SSSR count). The predicted octanol–water partition coefficient (Wildman–Crippen LogP) is 2.00. The van der Waals surface area contributed by atoms with Gasteiger partial charge in [0.1, 0.15) is 6.33 Å². The minimum absolute atomic E-state index is 0.106. The minimum Gasteiger partial charge on any atom is -0.265 e. The van der Waals surface area contributed by atoms with Gasteiger partial charge in [0.15, 0.2) is 15.7 Å². The van der Waals surface area contributed by atoms with Gasteiger partial charge in [-0.3, -0.25) is 4.68 Å². The largest absolute Gasteiger partial charge is 0.265 e. The molecule has 3 heterocycles. The molecular formula is C18H20N6O2S. The van der Waals surface area contributed by atoms with Crippen molar-refractivity contribution in [3.05, 3.63) is 53.6 Å². The topological polar surface area (TPSA) is 95.0 Å². The molecule has 1 fully saturated rings. The Morgan fingerprint density at radius 3 is 2.70 bits per heavy atom. The van der Waals surface area contributed by atoms with Gasteiger partial charge in [-0.2, -0.15) is 14.9 Å². The molecule has 3 aromatic rings. The summed E-state index contributed by atoms with van der Waals surface area (Å²) in [6, 6.07) is 9.61. The Bertz CT molecular complexity index is 1100. The first kappa shape index (κ1) is 17.6. The summed E-state index contributed by atoms with van der Waals surface area (Å²) in [6.07, 6.45) is 3.88. The van der Waals surface area contributed by atoms with E-state index in [1.807, 2.05) is 48.9 Å². The summed E-state index contributed by atoms with van der Waals surface area (Å²) in [5.41, 5.74) is 3.53. The molecule has 1 aliphatic rings. The third-order valence-electron chi connectivity index (χ3n) is 4.81. The van der Waals surface area contributed by atoms with Crippen LogP contribution < -0.4 is 0 Å². The highest BCUT2D eigenvalue weighted by Crippen LogP contribution is 2.26. The van der Waals surface area contributed by atoms with Crippen molar-refractivity contribution in [1.82, 2.24) is 24.7 Å². The van der Waals surface area contributed by atoms with Crippen LogP contribution in [0.15, 0.2) is 41.8 Å². The van der Waals surface area contributed by atoms with E-state index < -0.39 is 9.84 Å². The Balaban J connectivity index is 1.64. The summed E-state index contributed by atoms with van der Waals surface area (Å²) >= 11 is 0. The maximum Gasteiger partial charge on any atom is 0.184 e. The van der Waals surface area contributed by atoms with Gasteiger partial charge >= 0.3 is 0 Å². The van der Waals surface area contributed by atoms with Crippen molar-refractivity contribution in [3.8, 4) is 11.4 Å². The number of nitrogens with zero attached hydrogens (tertiary/aromatic N) is 6. The highest BCUT2D eigenvalue weighted by atomic mass is 32.2. The molecule has 1 atom stereocenters. The van der Waals surface area contributed by atoms with E-state index in [0.29, 0.717) is 12.2 Å². The van der Waals surface area contributed by atoms with Gasteiger partial charge in [-0.15, -0.1) is 10.2 Å². The van der Waals surface area contributed by atoms with Gasteiger partial charge in [0.05, 0.1) is 29.5 Å². The molecular weight excluding hydrogens is 364 g/mol. The van der Waals surface area contributed by atoms with Gasteiger partial charge in [-0.25, -0.2) is 8.42 Å². The van der Waals surface area contributed by atoms with Gasteiger partial charge in [0.25, 0.3) is 0 Å². The molecule has 1 saturated heterocycles. The van der Waals surface area contributed by atoms with Gasteiger partial charge in [0.2, 0.25) is 0 Å². The van der Waals surface area contributed by atoms with Crippen molar-refractivity contribution >= 4 is 16.1 Å². The molecule has 2 aromatic heterocycles. The number of sulfone groups is 1. The van der Waals surface area contributed by atoms with Crippen LogP contribution in [0.1, 0.15) is 29.4 Å². The molecule has 1 aliphatic heterocycles. The summed E-state index contributed by atoms with van der Waals surface area (Å²) in [5.74, 6) is 1.02. The second-order valence-electron chi connectivity index (χ2n) is 6.70. The highest BCUT2D eigenvalue weighted by molar-refractivity contribution is 7.91. The molecule has 0 radical (unpaired) electrons. The van der Waals surface area contributed by atoms with Crippen LogP contribution in [0.5, 0.6) is 0 Å². The average molecular weight is 384 g/mol. The maximum atomic E-state index is 11.8. The average Bonchev–Trinajstić information content (AvgIpc) is 3.32. The van der Waals surface area contributed by atoms with Gasteiger partial charge < -0.3 is 0 Å². The fraction of sp³-hybridized carbons (Fsp3) is 0.333. The summed E-state index contributed by atoms with van der Waals surface area (Å²) in [4.78, 5) is 0. The number of rotatable bonds is 4. The number of hydrogen-bond donors (Lipinski definition) is 0. The van der Waals surface area contributed by atoms with Crippen LogP contribution in [0, 0.1) is 13.8 Å². The van der Waals surface area contributed by atoms with E-state index in [4.69, 9.17) is 0 Å². The van der Waals surface area contributed by atoms with Crippen LogP contribution in [0.4, 0.5) is 0 Å². The third-order valence-corrected chi connectivity index (χ3v) is 6.56. The van der Waals surface area contributed by atoms with Crippen molar-refractivity contribution in [3.63, 3.8) is 0 Å². The lowest BCUT2D eigenvalue weighted by Gasteiger charge is -2.10. The molecule has 8 nitrogen and oxygen atoms in total. The first-order chi connectivity index (χ1) is 12.9. The molecule has 0 amide bonds. The molecule has 0 saturated carbocycles. The fourth-order valence-corrected chi connectivity index (χ4v) is 5.09. The Hall–Kier alpha value is -2.81. The SMILES string of the molecule is Cc1nn([C@@H]2CCS(=O)(=O)C2)c(C)c1/C=N\n1cnnc1-c1ccccc1. The smallest absolute Gasteiger partial charge is 0.184 e. The van der Waals surface area contributed by atoms with Crippen LogP contribution in [0.3, 0.4) is 0 Å². The van der Waals surface area contributed by atoms with Crippen molar-refractivity contribution in [2.75, 3.05) is 11.5 Å². The fourth-order valence-electron chi connectivity index (χ4n) is 3.40. The number of benzene rings is 1. The summed E-state index contributed by atoms with van der Waals surface area (Å²) < 4.78 is 27.0. The van der Waals surface area contributed by atoms with Crippen LogP contribution in [-0.2, 0) is 9.84 Å². The predicted molar refractivity (Wildman–Crippen MR) is 102 cm³/mol. The number of aromatic nitrogens is 5. The maximum absolute atomic E-state index is 11.8. The van der Waals surface area contributed by atoms with E-state index in [1.54, 1.807) is 17.2 Å². The van der Waals surface area contributed by atoms with Crippen LogP contribution >= 0.6 is 0 Å². The van der Waals surface area contributed by atoms with Gasteiger partial charge in [-0.05, 0) is 20.3 Å². The van der Waals surface area contributed by atoms with E-state index in [-0.39, 0.29) is 17.5 Å². The van der Waals surface area contributed by atoms with Crippen LogP contribution in [0.25, 0.3) is 11.4 Å². The van der Waals surface area contributed by atoms with E-state index in [0.717, 1.165) is 22.5 Å². The second kappa shape index (κ2) is 6.73. The zero-order valence-electron chi connectivity index (χ0n) is 15.1. The molecule has 0 aliphatic carbocycles. The standard InChI is InChI=1S/C18H20N6O2S/c1-13-17(14(2)24(22-13)16-8-9-27(25,26)11-16)10-20-23-12-19-21-18(23)15-6-4-3-5-7-15/h3-7,10,12,16H,8-9,11H2,1-2H3/b20-10-/t16-/m1/s1. The van der Waals surface area contributed by atoms with Crippen molar-refractivity contribution < 1.29 is 8.42 Å². The lowest BCUT2D eigenvalue weighted by molar-refractivity contribution is 0.486. The molecule has 1 aromatic carbocycles. The van der Waals surface area contributed by atoms with Crippen LogP contribution in [-0.4, -0.2) is 50.8 Å². The second-order valence-corrected chi connectivity index (χ2v) is 8.92. The first-order valence-electron chi connectivity index (χ1n) is 8.70. The van der Waals surface area contributed by atoms with Crippen molar-refractivity contribution in [1.29, 1.82) is 0 Å².